The number of hydrogen-bond acceptors (Lipinski definition) is 6. The number of aliphatic imine (C=N–C) groups is 1. The zero-order valence-corrected chi connectivity index (χ0v) is 21.6. The van der Waals surface area contributed by atoms with E-state index < -0.39 is 24.2 Å². The number of nitriles is 1. The van der Waals surface area contributed by atoms with E-state index in [-0.39, 0.29) is 35.5 Å². The average molecular weight is 553 g/mol. The molecule has 0 fully saturated rings. The summed E-state index contributed by atoms with van der Waals surface area (Å²) in [5.41, 5.74) is -0.461. The van der Waals surface area contributed by atoms with Crippen molar-refractivity contribution in [3.63, 3.8) is 0 Å². The Hall–Kier alpha value is -3.46. The highest BCUT2D eigenvalue weighted by atomic mass is 35.5. The van der Waals surface area contributed by atoms with Crippen LogP contribution >= 0.6 is 23.2 Å². The quantitative estimate of drug-likeness (QED) is 0.228. The number of ether oxygens (including phenoxy) is 1. The van der Waals surface area contributed by atoms with Crippen LogP contribution in [-0.4, -0.2) is 63.9 Å². The van der Waals surface area contributed by atoms with Crippen molar-refractivity contribution in [2.75, 3.05) is 13.1 Å². The molecular formula is C24H24Cl2F2N6O3. The molecule has 0 saturated carbocycles. The van der Waals surface area contributed by atoms with Gasteiger partial charge in [-0.15, -0.1) is 0 Å². The largest absolute Gasteiger partial charge is 0.435 e. The Bertz CT molecular complexity index is 1260. The van der Waals surface area contributed by atoms with Crippen LogP contribution in [0.5, 0.6) is 5.75 Å². The number of carbonyl (C=O) groups is 1. The molecule has 1 heterocycles. The predicted molar refractivity (Wildman–Crippen MR) is 136 cm³/mol. The first-order chi connectivity index (χ1) is 17.4. The van der Waals surface area contributed by atoms with Crippen LogP contribution in [0.15, 0.2) is 52.6 Å². The third-order valence-corrected chi connectivity index (χ3v) is 6.04. The number of hydrogen-bond donors (Lipinski definition) is 2. The monoisotopic (exact) mass is 552 g/mol. The SMILES string of the molecule is CCN(C(=O)C(C)(C)O)C1CN(C(=Nc2cccc(OC(F)F)c2)NC#N)N=C1c1ccc(Cl)c(Cl)c1. The minimum Gasteiger partial charge on any atom is -0.435 e. The molecule has 196 valence electrons. The highest BCUT2D eigenvalue weighted by molar-refractivity contribution is 6.42. The van der Waals surface area contributed by atoms with E-state index in [1.807, 2.05) is 0 Å². The summed E-state index contributed by atoms with van der Waals surface area (Å²) >= 11 is 12.3. The van der Waals surface area contributed by atoms with Gasteiger partial charge in [0.05, 0.1) is 34.0 Å². The van der Waals surface area contributed by atoms with Crippen molar-refractivity contribution in [2.45, 2.75) is 39.0 Å². The standard InChI is InChI=1S/C24H24Cl2F2N6O3/c1-4-33(21(35)24(2,3)36)19-12-34(32-20(19)14-8-9-17(25)18(26)10-14)23(30-13-29)31-15-6-5-7-16(11-15)37-22(27)28/h5-11,19,22,36H,4,12H2,1-3H3,(H,30,31). The molecule has 2 aromatic rings. The first-order valence-corrected chi connectivity index (χ1v) is 11.8. The third-order valence-electron chi connectivity index (χ3n) is 5.30. The van der Waals surface area contributed by atoms with Crippen molar-refractivity contribution in [3.8, 4) is 11.9 Å². The number of likely N-dealkylation sites (N-methyl/N-ethyl adjacent to an activating group) is 1. The van der Waals surface area contributed by atoms with Gasteiger partial charge in [-0.1, -0.05) is 35.3 Å². The highest BCUT2D eigenvalue weighted by Gasteiger charge is 2.40. The zero-order valence-electron chi connectivity index (χ0n) is 20.1. The van der Waals surface area contributed by atoms with E-state index in [2.05, 4.69) is 20.1 Å². The van der Waals surface area contributed by atoms with Crippen LogP contribution in [0.2, 0.25) is 10.0 Å². The van der Waals surface area contributed by atoms with E-state index in [1.54, 1.807) is 31.3 Å². The van der Waals surface area contributed by atoms with Gasteiger partial charge in [-0.25, -0.2) is 10.0 Å². The Balaban J connectivity index is 2.08. The van der Waals surface area contributed by atoms with E-state index in [0.29, 0.717) is 16.3 Å². The number of benzene rings is 2. The normalized spacial score (nSPS) is 15.9. The smallest absolute Gasteiger partial charge is 0.387 e. The molecule has 1 aliphatic rings. The molecule has 1 aliphatic heterocycles. The second-order valence-corrected chi connectivity index (χ2v) is 9.22. The van der Waals surface area contributed by atoms with Crippen LogP contribution in [0, 0.1) is 11.5 Å². The molecule has 0 aromatic heterocycles. The number of aliphatic hydroxyl groups is 1. The average Bonchev–Trinajstić information content (AvgIpc) is 3.25. The van der Waals surface area contributed by atoms with E-state index in [4.69, 9.17) is 23.2 Å². The minimum atomic E-state index is -3.01. The Kier molecular flexibility index (Phi) is 8.91. The number of carbonyl (C=O) groups excluding carboxylic acids is 1. The molecule has 0 bridgehead atoms. The van der Waals surface area contributed by atoms with Gasteiger partial charge in [-0.05, 0) is 45.0 Å². The minimum absolute atomic E-state index is 0.0245. The van der Waals surface area contributed by atoms with Crippen molar-refractivity contribution >= 4 is 46.5 Å². The molecule has 0 saturated heterocycles. The molecule has 2 aromatic carbocycles. The molecular weight excluding hydrogens is 529 g/mol. The van der Waals surface area contributed by atoms with Crippen molar-refractivity contribution in [3.05, 3.63) is 58.1 Å². The summed E-state index contributed by atoms with van der Waals surface area (Å²) in [5.74, 6) is -0.665. The molecule has 37 heavy (non-hydrogen) atoms. The van der Waals surface area contributed by atoms with E-state index >= 15 is 0 Å². The molecule has 3 rings (SSSR count). The third kappa shape index (κ3) is 6.85. The summed E-state index contributed by atoms with van der Waals surface area (Å²) in [6.45, 7) is 1.83. The van der Waals surface area contributed by atoms with Gasteiger partial charge in [0, 0.05) is 18.2 Å². The Morgan fingerprint density at radius 2 is 2.08 bits per heavy atom. The summed E-state index contributed by atoms with van der Waals surface area (Å²) in [5, 5.41) is 28.8. The summed E-state index contributed by atoms with van der Waals surface area (Å²) in [4.78, 5) is 18.9. The Morgan fingerprint density at radius 1 is 1.35 bits per heavy atom. The fourth-order valence-electron chi connectivity index (χ4n) is 3.68. The number of guanidine groups is 1. The number of hydrazone groups is 1. The number of halogens is 4. The van der Waals surface area contributed by atoms with E-state index in [0.717, 1.165) is 0 Å². The summed E-state index contributed by atoms with van der Waals surface area (Å²) < 4.78 is 29.7. The number of rotatable bonds is 7. The van der Waals surface area contributed by atoms with Crippen molar-refractivity contribution in [1.82, 2.24) is 15.2 Å². The van der Waals surface area contributed by atoms with Crippen LogP contribution in [0.3, 0.4) is 0 Å². The topological polar surface area (TPSA) is 114 Å². The molecule has 9 nitrogen and oxygen atoms in total. The van der Waals surface area contributed by atoms with Crippen molar-refractivity contribution in [1.29, 1.82) is 5.26 Å². The van der Waals surface area contributed by atoms with Crippen LogP contribution < -0.4 is 10.1 Å². The van der Waals surface area contributed by atoms with Crippen molar-refractivity contribution in [2.24, 2.45) is 10.1 Å². The molecule has 0 spiro atoms. The Morgan fingerprint density at radius 3 is 2.68 bits per heavy atom. The molecule has 0 radical (unpaired) electrons. The summed E-state index contributed by atoms with van der Waals surface area (Å²) in [6, 6.07) is 9.83. The lowest BCUT2D eigenvalue weighted by Gasteiger charge is -2.33. The van der Waals surface area contributed by atoms with Crippen LogP contribution in [0.4, 0.5) is 14.5 Å². The zero-order chi connectivity index (χ0) is 27.3. The molecule has 1 unspecified atom stereocenters. The second kappa shape index (κ2) is 11.7. The van der Waals surface area contributed by atoms with Crippen LogP contribution in [-0.2, 0) is 4.79 Å². The molecule has 0 aliphatic carbocycles. The van der Waals surface area contributed by atoms with Crippen LogP contribution in [0.25, 0.3) is 0 Å². The van der Waals surface area contributed by atoms with Gasteiger partial charge < -0.3 is 14.7 Å². The lowest BCUT2D eigenvalue weighted by Crippen LogP contribution is -2.54. The summed E-state index contributed by atoms with van der Waals surface area (Å²) in [6.07, 6.45) is 1.79. The fourth-order valence-corrected chi connectivity index (χ4v) is 3.98. The van der Waals surface area contributed by atoms with Gasteiger partial charge in [0.2, 0.25) is 5.96 Å². The lowest BCUT2D eigenvalue weighted by atomic mass is 10.00. The number of amides is 1. The number of nitrogens with zero attached hydrogens (tertiary/aromatic N) is 5. The maximum Gasteiger partial charge on any atom is 0.387 e. The first-order valence-electron chi connectivity index (χ1n) is 11.1. The van der Waals surface area contributed by atoms with Gasteiger partial charge in [-0.3, -0.25) is 10.1 Å². The van der Waals surface area contributed by atoms with Gasteiger partial charge in [0.25, 0.3) is 5.91 Å². The van der Waals surface area contributed by atoms with Crippen molar-refractivity contribution < 1.29 is 23.4 Å². The van der Waals surface area contributed by atoms with Gasteiger partial charge in [0.15, 0.2) is 6.19 Å². The molecule has 1 amide bonds. The predicted octanol–water partition coefficient (Wildman–Crippen LogP) is 4.36. The number of alkyl halides is 2. The number of nitrogens with one attached hydrogen (secondary N) is 1. The maximum atomic E-state index is 13.1. The fraction of sp³-hybridized carbons (Fsp3) is 0.333. The second-order valence-electron chi connectivity index (χ2n) is 8.41. The first kappa shape index (κ1) is 28.1. The van der Waals surface area contributed by atoms with Gasteiger partial charge in [0.1, 0.15) is 11.4 Å². The van der Waals surface area contributed by atoms with E-state index in [9.17, 15) is 23.9 Å². The Labute approximate surface area is 222 Å². The lowest BCUT2D eigenvalue weighted by molar-refractivity contribution is -0.148. The summed E-state index contributed by atoms with van der Waals surface area (Å²) in [7, 11) is 0. The maximum absolute atomic E-state index is 13.1. The van der Waals surface area contributed by atoms with E-state index in [1.165, 1.54) is 48.0 Å². The van der Waals surface area contributed by atoms with Gasteiger partial charge in [-0.2, -0.15) is 19.1 Å². The van der Waals surface area contributed by atoms with Crippen LogP contribution in [0.1, 0.15) is 26.3 Å². The highest BCUT2D eigenvalue weighted by Crippen LogP contribution is 2.28. The molecule has 13 heteroatoms. The molecule has 1 atom stereocenters. The molecule has 2 N–H and O–H groups in total. The van der Waals surface area contributed by atoms with Gasteiger partial charge >= 0.3 is 6.61 Å².